The molecule has 1 saturated carbocycles. The molecule has 2 fully saturated rings. The second kappa shape index (κ2) is 6.73. The van der Waals surface area contributed by atoms with E-state index in [1.165, 1.54) is 0 Å². The zero-order valence-corrected chi connectivity index (χ0v) is 12.8. The second-order valence-corrected chi connectivity index (χ2v) is 7.67. The number of cyclic esters (lactones) is 2. The maximum Gasteiger partial charge on any atom is 1.00 e. The van der Waals surface area contributed by atoms with E-state index in [0.29, 0.717) is 0 Å². The van der Waals surface area contributed by atoms with Gasteiger partial charge < -0.3 is 13.8 Å². The predicted molar refractivity (Wildman–Crippen MR) is 54.3 cm³/mol. The fourth-order valence-electron chi connectivity index (χ4n) is 2.51. The van der Waals surface area contributed by atoms with E-state index >= 15 is 0 Å². The number of fused-ring (bicyclic) bond motifs is 1. The minimum Gasteiger partial charge on any atom is -0.748 e. The second-order valence-electron chi connectivity index (χ2n) is 4.49. The van der Waals surface area contributed by atoms with Gasteiger partial charge in [0.1, 0.15) is 0 Å². The quantitative estimate of drug-likeness (QED) is 0.208. The van der Waals surface area contributed by atoms with E-state index in [9.17, 15) is 35.5 Å². The smallest absolute Gasteiger partial charge is 0.748 e. The van der Waals surface area contributed by atoms with Crippen molar-refractivity contribution < 1.29 is 78.0 Å². The Bertz CT molecular complexity index is 585. The number of carbonyl (C=O) groups excluding carboxylic acids is 2. The molecule has 13 heteroatoms. The molecule has 1 heterocycles. The Hall–Kier alpha value is 0.155. The standard InChI is InChI=1S/C8H10O9S2.2Li/c9-7-3-1-5(18(11,12)13)6(19(14,15)16)2-4(3)8(10)17-7;;/h3-6H,1-2H2,(H,11,12,13)(H,14,15,16);;/q;2*+1/p-2. The molecule has 0 radical (unpaired) electrons. The summed E-state index contributed by atoms with van der Waals surface area (Å²) in [5.74, 6) is -4.35. The van der Waals surface area contributed by atoms with E-state index in [2.05, 4.69) is 4.74 Å². The van der Waals surface area contributed by atoms with Gasteiger partial charge in [0.25, 0.3) is 0 Å². The predicted octanol–water partition coefficient (Wildman–Crippen LogP) is -8.07. The Morgan fingerprint density at radius 3 is 1.33 bits per heavy atom. The number of hydrogen-bond donors (Lipinski definition) is 0. The minimum absolute atomic E-state index is 0. The van der Waals surface area contributed by atoms with E-state index in [1.54, 1.807) is 0 Å². The van der Waals surface area contributed by atoms with Crippen molar-refractivity contribution in [1.29, 1.82) is 0 Å². The van der Waals surface area contributed by atoms with Crippen molar-refractivity contribution in [2.24, 2.45) is 11.8 Å². The summed E-state index contributed by atoms with van der Waals surface area (Å²) in [6.07, 6.45) is -1.37. The molecule has 21 heavy (non-hydrogen) atoms. The van der Waals surface area contributed by atoms with Gasteiger partial charge in [0.2, 0.25) is 0 Å². The minimum atomic E-state index is -5.09. The number of carbonyl (C=O) groups is 2. The van der Waals surface area contributed by atoms with Gasteiger partial charge in [-0.3, -0.25) is 9.59 Å². The van der Waals surface area contributed by atoms with Gasteiger partial charge in [0.15, 0.2) is 0 Å². The van der Waals surface area contributed by atoms with Crippen molar-refractivity contribution in [3.8, 4) is 0 Å². The Balaban J connectivity index is 0.00000200. The number of ether oxygens (including phenoxy) is 1. The van der Waals surface area contributed by atoms with Crippen LogP contribution in [0.1, 0.15) is 12.8 Å². The maximum atomic E-state index is 11.3. The monoisotopic (exact) mass is 326 g/mol. The first-order chi connectivity index (χ1) is 8.51. The third-order valence-corrected chi connectivity index (χ3v) is 6.12. The molecule has 0 amide bonds. The third kappa shape index (κ3) is 4.12. The molecule has 4 atom stereocenters. The van der Waals surface area contributed by atoms with Gasteiger partial charge >= 0.3 is 49.7 Å². The third-order valence-electron chi connectivity index (χ3n) is 3.42. The Morgan fingerprint density at radius 1 is 0.810 bits per heavy atom. The maximum absolute atomic E-state index is 11.3. The average Bonchev–Trinajstić information content (AvgIpc) is 2.50. The SMILES string of the molecule is O=C1OC(=O)C2CC(S(=O)(=O)[O-])C(S(=O)(=O)[O-])CC12.[Li+].[Li+]. The zero-order valence-electron chi connectivity index (χ0n) is 11.2. The zero-order chi connectivity index (χ0) is 14.6. The molecule has 0 aromatic rings. The van der Waals surface area contributed by atoms with Crippen molar-refractivity contribution in [3.63, 3.8) is 0 Å². The Labute approximate surface area is 145 Å². The molecule has 9 nitrogen and oxygen atoms in total. The van der Waals surface area contributed by atoms with Gasteiger partial charge in [0.05, 0.1) is 42.6 Å². The summed E-state index contributed by atoms with van der Waals surface area (Å²) in [4.78, 5) is 22.6. The molecular formula is C8H8Li2O9S2. The number of rotatable bonds is 2. The van der Waals surface area contributed by atoms with Gasteiger partial charge in [-0.1, -0.05) is 0 Å². The average molecular weight is 326 g/mol. The van der Waals surface area contributed by atoms with Gasteiger partial charge in [-0.15, -0.1) is 0 Å². The van der Waals surface area contributed by atoms with E-state index in [0.717, 1.165) is 0 Å². The molecule has 0 spiro atoms. The van der Waals surface area contributed by atoms with Crippen LogP contribution in [0, 0.1) is 11.8 Å². The van der Waals surface area contributed by atoms with Crippen molar-refractivity contribution in [2.45, 2.75) is 23.3 Å². The van der Waals surface area contributed by atoms with E-state index < -0.39 is 67.4 Å². The van der Waals surface area contributed by atoms with E-state index in [4.69, 9.17) is 0 Å². The fraction of sp³-hybridized carbons (Fsp3) is 0.750. The summed E-state index contributed by atoms with van der Waals surface area (Å²) in [6, 6.07) is 0. The molecule has 0 N–H and O–H groups in total. The van der Waals surface area contributed by atoms with Crippen LogP contribution in [0.2, 0.25) is 0 Å². The molecule has 1 saturated heterocycles. The van der Waals surface area contributed by atoms with Crippen LogP contribution >= 0.6 is 0 Å². The summed E-state index contributed by atoms with van der Waals surface area (Å²) in [5, 5.41) is -4.07. The largest absolute Gasteiger partial charge is 1.00 e. The molecule has 2 rings (SSSR count). The van der Waals surface area contributed by atoms with Crippen molar-refractivity contribution in [2.75, 3.05) is 0 Å². The van der Waals surface area contributed by atoms with Gasteiger partial charge in [-0.2, -0.15) is 0 Å². The molecule has 108 valence electrons. The summed E-state index contributed by atoms with van der Waals surface area (Å²) >= 11 is 0. The van der Waals surface area contributed by atoms with Crippen LogP contribution < -0.4 is 37.7 Å². The van der Waals surface area contributed by atoms with Crippen LogP contribution in [0.15, 0.2) is 0 Å². The first-order valence-electron chi connectivity index (χ1n) is 5.16. The van der Waals surface area contributed by atoms with Crippen molar-refractivity contribution in [3.05, 3.63) is 0 Å². The molecular weight excluding hydrogens is 318 g/mol. The van der Waals surface area contributed by atoms with Crippen molar-refractivity contribution in [1.82, 2.24) is 0 Å². The summed E-state index contributed by atoms with van der Waals surface area (Å²) in [6.45, 7) is 0. The summed E-state index contributed by atoms with van der Waals surface area (Å²) in [7, 11) is -10.2. The summed E-state index contributed by atoms with van der Waals surface area (Å²) in [5.41, 5.74) is 0. The molecule has 4 unspecified atom stereocenters. The van der Waals surface area contributed by atoms with Crippen LogP contribution in [-0.4, -0.2) is 48.4 Å². The van der Waals surface area contributed by atoms with Gasteiger partial charge in [0, 0.05) is 0 Å². The molecule has 2 aliphatic rings. The normalized spacial score (nSPS) is 32.5. The Kier molecular flexibility index (Phi) is 6.78. The van der Waals surface area contributed by atoms with E-state index in [1.807, 2.05) is 0 Å². The van der Waals surface area contributed by atoms with Crippen LogP contribution in [0.3, 0.4) is 0 Å². The van der Waals surface area contributed by atoms with Crippen molar-refractivity contribution >= 4 is 32.2 Å². The molecule has 0 aromatic carbocycles. The fourth-order valence-corrected chi connectivity index (χ4v) is 5.18. The molecule has 0 aromatic heterocycles. The molecule has 0 bridgehead atoms. The van der Waals surface area contributed by atoms with Crippen LogP contribution in [0.5, 0.6) is 0 Å². The number of esters is 2. The Morgan fingerprint density at radius 2 is 1.10 bits per heavy atom. The van der Waals surface area contributed by atoms with Crippen LogP contribution in [0.4, 0.5) is 0 Å². The topological polar surface area (TPSA) is 158 Å². The molecule has 1 aliphatic carbocycles. The first-order valence-corrected chi connectivity index (χ1v) is 8.11. The van der Waals surface area contributed by atoms with E-state index in [-0.39, 0.29) is 37.7 Å². The number of hydrogen-bond acceptors (Lipinski definition) is 9. The first kappa shape index (κ1) is 21.2. The van der Waals surface area contributed by atoms with Crippen LogP contribution in [0.25, 0.3) is 0 Å². The molecule has 1 aliphatic heterocycles. The summed E-state index contributed by atoms with van der Waals surface area (Å²) < 4.78 is 70.4. The van der Waals surface area contributed by atoms with Gasteiger partial charge in [-0.25, -0.2) is 16.8 Å². The van der Waals surface area contributed by atoms with Crippen LogP contribution in [-0.2, 0) is 34.6 Å². The van der Waals surface area contributed by atoms with Gasteiger partial charge in [-0.05, 0) is 12.8 Å².